The fourth-order valence-electron chi connectivity index (χ4n) is 1.79. The molecule has 0 aliphatic rings. The van der Waals surface area contributed by atoms with E-state index in [2.05, 4.69) is 14.9 Å². The van der Waals surface area contributed by atoms with Crippen molar-refractivity contribution in [2.24, 2.45) is 0 Å². The van der Waals surface area contributed by atoms with Crippen molar-refractivity contribution in [2.45, 2.75) is 51.0 Å². The van der Waals surface area contributed by atoms with Gasteiger partial charge in [0.1, 0.15) is 4.90 Å². The third kappa shape index (κ3) is 3.77. The van der Waals surface area contributed by atoms with Crippen LogP contribution in [0.5, 0.6) is 0 Å². The number of aromatic nitrogens is 2. The van der Waals surface area contributed by atoms with Gasteiger partial charge in [-0.05, 0) is 20.3 Å². The molecule has 1 aromatic rings. The Morgan fingerprint density at radius 2 is 2.16 bits per heavy atom. The number of aromatic carboxylic acids is 1. The number of aromatic amines is 1. The summed E-state index contributed by atoms with van der Waals surface area (Å²) < 4.78 is 26.8. The Morgan fingerprint density at radius 1 is 1.53 bits per heavy atom. The second kappa shape index (κ2) is 6.16. The van der Waals surface area contributed by atoms with Crippen LogP contribution in [0.1, 0.15) is 49.3 Å². The molecule has 0 amide bonds. The van der Waals surface area contributed by atoms with Gasteiger partial charge in [0.2, 0.25) is 10.0 Å². The Hall–Kier alpha value is -1.41. The number of hydrogen-bond acceptors (Lipinski definition) is 4. The molecule has 0 saturated heterocycles. The molecule has 0 spiro atoms. The first kappa shape index (κ1) is 15.6. The van der Waals surface area contributed by atoms with Crippen LogP contribution in [0.25, 0.3) is 0 Å². The molecule has 0 saturated carbocycles. The van der Waals surface area contributed by atoms with Crippen molar-refractivity contribution in [2.75, 3.05) is 0 Å². The van der Waals surface area contributed by atoms with Crippen LogP contribution in [0.2, 0.25) is 0 Å². The van der Waals surface area contributed by atoms with E-state index in [9.17, 15) is 13.2 Å². The average Bonchev–Trinajstić information content (AvgIpc) is 2.68. The highest BCUT2D eigenvalue weighted by atomic mass is 32.2. The first-order valence-electron chi connectivity index (χ1n) is 6.10. The molecule has 1 unspecified atom stereocenters. The minimum atomic E-state index is -3.88. The zero-order valence-electron chi connectivity index (χ0n) is 11.2. The van der Waals surface area contributed by atoms with Crippen LogP contribution < -0.4 is 4.72 Å². The monoisotopic (exact) mass is 289 g/mol. The number of H-pyrrole nitrogens is 1. The number of hydrogen-bond donors (Lipinski definition) is 3. The highest BCUT2D eigenvalue weighted by molar-refractivity contribution is 7.89. The van der Waals surface area contributed by atoms with Crippen molar-refractivity contribution >= 4 is 16.0 Å². The Balaban J connectivity index is 3.01. The van der Waals surface area contributed by atoms with Gasteiger partial charge in [0.15, 0.2) is 5.69 Å². The highest BCUT2D eigenvalue weighted by Crippen LogP contribution is 2.18. The summed E-state index contributed by atoms with van der Waals surface area (Å²) in [6, 6.07) is -0.249. The quantitative estimate of drug-likeness (QED) is 0.699. The van der Waals surface area contributed by atoms with Crippen molar-refractivity contribution in [3.8, 4) is 0 Å². The lowest BCUT2D eigenvalue weighted by molar-refractivity contribution is 0.0686. The summed E-state index contributed by atoms with van der Waals surface area (Å²) in [5.74, 6) is -1.37. The lowest BCUT2D eigenvalue weighted by Crippen LogP contribution is -2.33. The molecular weight excluding hydrogens is 270 g/mol. The van der Waals surface area contributed by atoms with E-state index in [1.807, 2.05) is 6.92 Å². The van der Waals surface area contributed by atoms with Gasteiger partial charge in [0.05, 0.1) is 5.69 Å². The normalized spacial score (nSPS) is 13.4. The van der Waals surface area contributed by atoms with Gasteiger partial charge in [0.25, 0.3) is 0 Å². The van der Waals surface area contributed by atoms with E-state index in [0.717, 1.165) is 12.8 Å². The number of carboxylic acids is 1. The van der Waals surface area contributed by atoms with Gasteiger partial charge >= 0.3 is 5.97 Å². The van der Waals surface area contributed by atoms with Gasteiger partial charge < -0.3 is 5.11 Å². The molecule has 1 atom stereocenters. The van der Waals surface area contributed by atoms with Gasteiger partial charge in [-0.15, -0.1) is 0 Å². The average molecular weight is 289 g/mol. The van der Waals surface area contributed by atoms with Gasteiger partial charge in [-0.25, -0.2) is 17.9 Å². The highest BCUT2D eigenvalue weighted by Gasteiger charge is 2.29. The number of carbonyl (C=O) groups is 1. The number of nitrogens with zero attached hydrogens (tertiary/aromatic N) is 1. The topological polar surface area (TPSA) is 112 Å². The molecule has 19 heavy (non-hydrogen) atoms. The second-order valence-corrected chi connectivity index (χ2v) is 6.15. The van der Waals surface area contributed by atoms with Crippen LogP contribution in [-0.4, -0.2) is 35.7 Å². The number of sulfonamides is 1. The molecule has 8 heteroatoms. The van der Waals surface area contributed by atoms with Gasteiger partial charge in [-0.3, -0.25) is 5.10 Å². The molecule has 0 bridgehead atoms. The Labute approximate surface area is 112 Å². The largest absolute Gasteiger partial charge is 0.476 e. The third-order valence-corrected chi connectivity index (χ3v) is 4.46. The van der Waals surface area contributed by atoms with Crippen LogP contribution in [0.15, 0.2) is 4.90 Å². The molecule has 0 radical (unpaired) electrons. The summed E-state index contributed by atoms with van der Waals surface area (Å²) in [6.07, 6.45) is 2.58. The van der Waals surface area contributed by atoms with Crippen molar-refractivity contribution in [1.29, 1.82) is 0 Å². The summed E-state index contributed by atoms with van der Waals surface area (Å²) in [6.45, 7) is 5.25. The molecule has 1 rings (SSSR count). The van der Waals surface area contributed by atoms with Gasteiger partial charge in [-0.2, -0.15) is 5.10 Å². The maximum Gasteiger partial charge on any atom is 0.357 e. The smallest absolute Gasteiger partial charge is 0.357 e. The fourth-order valence-corrected chi connectivity index (χ4v) is 3.39. The number of aryl methyl sites for hydroxylation is 1. The van der Waals surface area contributed by atoms with Crippen LogP contribution >= 0.6 is 0 Å². The Kier molecular flexibility index (Phi) is 5.07. The molecule has 7 nitrogen and oxygen atoms in total. The Bertz CT molecular complexity index is 550. The minimum Gasteiger partial charge on any atom is -0.476 e. The predicted octanol–water partition coefficient (Wildman–Crippen LogP) is 1.27. The van der Waals surface area contributed by atoms with Crippen molar-refractivity contribution in [3.63, 3.8) is 0 Å². The van der Waals surface area contributed by atoms with E-state index in [-0.39, 0.29) is 16.6 Å². The summed E-state index contributed by atoms with van der Waals surface area (Å²) in [5, 5.41) is 14.8. The third-order valence-electron chi connectivity index (χ3n) is 2.71. The first-order valence-corrected chi connectivity index (χ1v) is 7.58. The lowest BCUT2D eigenvalue weighted by Gasteiger charge is -2.13. The standard InChI is InChI=1S/C11H19N3O4S/c1-4-5-6-7(2)14-19(17,18)10-8(3)12-13-9(10)11(15)16/h7,14H,4-6H2,1-3H3,(H,12,13)(H,15,16). The molecule has 0 aliphatic carbocycles. The summed E-state index contributed by atoms with van der Waals surface area (Å²) >= 11 is 0. The molecule has 3 N–H and O–H groups in total. The van der Waals surface area contributed by atoms with Crippen molar-refractivity contribution < 1.29 is 18.3 Å². The van der Waals surface area contributed by atoms with E-state index < -0.39 is 21.7 Å². The zero-order chi connectivity index (χ0) is 14.6. The fraction of sp³-hybridized carbons (Fsp3) is 0.636. The van der Waals surface area contributed by atoms with Gasteiger partial charge in [-0.1, -0.05) is 19.8 Å². The van der Waals surface area contributed by atoms with Crippen LogP contribution in [0.4, 0.5) is 0 Å². The van der Waals surface area contributed by atoms with E-state index in [4.69, 9.17) is 5.11 Å². The number of nitrogens with one attached hydrogen (secondary N) is 2. The summed E-state index contributed by atoms with van der Waals surface area (Å²) in [7, 11) is -3.88. The zero-order valence-corrected chi connectivity index (χ0v) is 12.0. The Morgan fingerprint density at radius 3 is 2.68 bits per heavy atom. The van der Waals surface area contributed by atoms with Gasteiger partial charge in [0, 0.05) is 6.04 Å². The van der Waals surface area contributed by atoms with Crippen LogP contribution in [-0.2, 0) is 10.0 Å². The van der Waals surface area contributed by atoms with Crippen molar-refractivity contribution in [1.82, 2.24) is 14.9 Å². The molecular formula is C11H19N3O4S. The predicted molar refractivity (Wildman–Crippen MR) is 69.6 cm³/mol. The van der Waals surface area contributed by atoms with E-state index >= 15 is 0 Å². The molecule has 0 aliphatic heterocycles. The number of unbranched alkanes of at least 4 members (excludes halogenated alkanes) is 1. The second-order valence-electron chi connectivity index (χ2n) is 4.50. The lowest BCUT2D eigenvalue weighted by atomic mass is 10.2. The maximum atomic E-state index is 12.2. The first-order chi connectivity index (χ1) is 8.79. The maximum absolute atomic E-state index is 12.2. The number of carboxylic acid groups (broad SMARTS) is 1. The molecule has 0 fully saturated rings. The molecule has 1 heterocycles. The van der Waals surface area contributed by atoms with Crippen molar-refractivity contribution in [3.05, 3.63) is 11.4 Å². The SMILES string of the molecule is CCCCC(C)NS(=O)(=O)c1c(C(=O)O)n[nH]c1C. The van der Waals surface area contributed by atoms with E-state index in [0.29, 0.717) is 6.42 Å². The van der Waals surface area contributed by atoms with Crippen LogP contribution in [0, 0.1) is 6.92 Å². The summed E-state index contributed by atoms with van der Waals surface area (Å²) in [4.78, 5) is 10.7. The van der Waals surface area contributed by atoms with Crippen LogP contribution in [0.3, 0.4) is 0 Å². The number of rotatable bonds is 7. The summed E-state index contributed by atoms with van der Waals surface area (Å²) in [5.41, 5.74) is -0.264. The van der Waals surface area contributed by atoms with E-state index in [1.165, 1.54) is 6.92 Å². The molecule has 1 aromatic heterocycles. The van der Waals surface area contributed by atoms with E-state index in [1.54, 1.807) is 6.92 Å². The molecule has 0 aromatic carbocycles. The minimum absolute atomic E-state index is 0.215. The molecule has 108 valence electrons.